The highest BCUT2D eigenvalue weighted by atomic mass is 16.5. The highest BCUT2D eigenvalue weighted by molar-refractivity contribution is 5.87. The average Bonchev–Trinajstić information content (AvgIpc) is 2.59. The Morgan fingerprint density at radius 3 is 3.29 bits per heavy atom. The van der Waals surface area contributed by atoms with Crippen molar-refractivity contribution < 1.29 is 9.53 Å². The molecular formula is C9H13N3O2. The van der Waals surface area contributed by atoms with E-state index in [9.17, 15) is 4.79 Å². The van der Waals surface area contributed by atoms with Crippen LogP contribution in [0.25, 0.3) is 0 Å². The summed E-state index contributed by atoms with van der Waals surface area (Å²) in [6, 6.07) is 2.16. The molecule has 0 unspecified atom stereocenters. The maximum atomic E-state index is 11.2. The molecule has 0 fully saturated rings. The number of carbonyl (C=O) groups is 1. The van der Waals surface area contributed by atoms with Crippen LogP contribution < -0.4 is 5.32 Å². The molecular weight excluding hydrogens is 182 g/mol. The summed E-state index contributed by atoms with van der Waals surface area (Å²) in [5.41, 5.74) is 1.42. The van der Waals surface area contributed by atoms with Gasteiger partial charge >= 0.3 is 5.97 Å². The zero-order valence-electron chi connectivity index (χ0n) is 8.28. The van der Waals surface area contributed by atoms with Crippen molar-refractivity contribution in [2.75, 3.05) is 7.11 Å². The topological polar surface area (TPSA) is 56.2 Å². The standard InChI is InChI=1S/C9H13N3O2/c1-6-5-12-7(4-10-6)3-8(11-12)9(13)14-2/h3,6,10H,4-5H2,1-2H3/t6-/m0/s1. The highest BCUT2D eigenvalue weighted by Gasteiger charge is 2.19. The number of aromatic nitrogens is 2. The third-order valence-electron chi connectivity index (χ3n) is 2.34. The van der Waals surface area contributed by atoms with Gasteiger partial charge in [0.2, 0.25) is 0 Å². The molecule has 1 aliphatic rings. The third-order valence-corrected chi connectivity index (χ3v) is 2.34. The average molecular weight is 195 g/mol. The van der Waals surface area contributed by atoms with Crippen LogP contribution in [0.1, 0.15) is 23.1 Å². The summed E-state index contributed by atoms with van der Waals surface area (Å²) >= 11 is 0. The van der Waals surface area contributed by atoms with E-state index in [1.807, 2.05) is 4.68 Å². The molecule has 1 aliphatic heterocycles. The molecule has 2 rings (SSSR count). The highest BCUT2D eigenvalue weighted by Crippen LogP contribution is 2.10. The molecule has 76 valence electrons. The van der Waals surface area contributed by atoms with Gasteiger partial charge in [0.05, 0.1) is 19.3 Å². The first-order valence-electron chi connectivity index (χ1n) is 4.59. The van der Waals surface area contributed by atoms with E-state index >= 15 is 0 Å². The number of rotatable bonds is 1. The summed E-state index contributed by atoms with van der Waals surface area (Å²) < 4.78 is 6.46. The van der Waals surface area contributed by atoms with E-state index in [0.717, 1.165) is 18.8 Å². The molecule has 0 aliphatic carbocycles. The molecule has 0 amide bonds. The van der Waals surface area contributed by atoms with Crippen molar-refractivity contribution in [3.63, 3.8) is 0 Å². The van der Waals surface area contributed by atoms with E-state index in [0.29, 0.717) is 11.7 Å². The number of hydrogen-bond donors (Lipinski definition) is 1. The van der Waals surface area contributed by atoms with Crippen LogP contribution in [-0.2, 0) is 17.8 Å². The molecule has 5 heteroatoms. The first-order valence-corrected chi connectivity index (χ1v) is 4.59. The van der Waals surface area contributed by atoms with Gasteiger partial charge in [-0.3, -0.25) is 4.68 Å². The zero-order chi connectivity index (χ0) is 10.1. The first-order chi connectivity index (χ1) is 6.70. The minimum Gasteiger partial charge on any atom is -0.464 e. The van der Waals surface area contributed by atoms with Gasteiger partial charge in [0.1, 0.15) is 0 Å². The van der Waals surface area contributed by atoms with E-state index in [2.05, 4.69) is 22.1 Å². The predicted molar refractivity (Wildman–Crippen MR) is 49.9 cm³/mol. The lowest BCUT2D eigenvalue weighted by Gasteiger charge is -2.21. The summed E-state index contributed by atoms with van der Waals surface area (Å²) in [4.78, 5) is 11.2. The van der Waals surface area contributed by atoms with Gasteiger partial charge in [-0.25, -0.2) is 4.79 Å². The second kappa shape index (κ2) is 3.42. The van der Waals surface area contributed by atoms with Crippen LogP contribution in [0.3, 0.4) is 0 Å². The van der Waals surface area contributed by atoms with Crippen LogP contribution in [0, 0.1) is 0 Å². The summed E-state index contributed by atoms with van der Waals surface area (Å²) in [5, 5.41) is 7.47. The van der Waals surface area contributed by atoms with Gasteiger partial charge in [-0.2, -0.15) is 5.10 Å². The van der Waals surface area contributed by atoms with Crippen LogP contribution in [0.2, 0.25) is 0 Å². The number of methoxy groups -OCH3 is 1. The first kappa shape index (κ1) is 9.21. The van der Waals surface area contributed by atoms with Crippen molar-refractivity contribution in [1.82, 2.24) is 15.1 Å². The number of fused-ring (bicyclic) bond motifs is 1. The third kappa shape index (κ3) is 1.50. The maximum Gasteiger partial charge on any atom is 0.358 e. The van der Waals surface area contributed by atoms with E-state index in [-0.39, 0.29) is 5.97 Å². The number of nitrogens with zero attached hydrogens (tertiary/aromatic N) is 2. The second-order valence-electron chi connectivity index (χ2n) is 3.48. The number of hydrogen-bond acceptors (Lipinski definition) is 4. The number of nitrogens with one attached hydrogen (secondary N) is 1. The Kier molecular flexibility index (Phi) is 2.25. The van der Waals surface area contributed by atoms with Crippen LogP contribution in [0.4, 0.5) is 0 Å². The Balaban J connectivity index is 2.27. The molecule has 0 saturated carbocycles. The van der Waals surface area contributed by atoms with Gasteiger partial charge < -0.3 is 10.1 Å². The molecule has 2 heterocycles. The van der Waals surface area contributed by atoms with Gasteiger partial charge in [-0.15, -0.1) is 0 Å². The summed E-state index contributed by atoms with van der Waals surface area (Å²) in [5.74, 6) is -0.375. The van der Waals surface area contributed by atoms with Crippen molar-refractivity contribution in [3.8, 4) is 0 Å². The molecule has 1 N–H and O–H groups in total. The minimum atomic E-state index is -0.375. The Bertz CT molecular complexity index is 359. The summed E-state index contributed by atoms with van der Waals surface area (Å²) in [6.45, 7) is 3.64. The van der Waals surface area contributed by atoms with Crippen LogP contribution in [0.5, 0.6) is 0 Å². The van der Waals surface area contributed by atoms with Crippen molar-refractivity contribution >= 4 is 5.97 Å². The van der Waals surface area contributed by atoms with Gasteiger partial charge in [0, 0.05) is 12.6 Å². The van der Waals surface area contributed by atoms with E-state index in [1.54, 1.807) is 6.07 Å². The number of ether oxygens (including phenoxy) is 1. The smallest absolute Gasteiger partial charge is 0.358 e. The molecule has 0 aromatic carbocycles. The van der Waals surface area contributed by atoms with E-state index < -0.39 is 0 Å². The Labute approximate surface area is 82.0 Å². The predicted octanol–water partition coefficient (Wildman–Crippen LogP) is 0.161. The quantitative estimate of drug-likeness (QED) is 0.649. The second-order valence-corrected chi connectivity index (χ2v) is 3.48. The Hall–Kier alpha value is -1.36. The van der Waals surface area contributed by atoms with Crippen LogP contribution in [0.15, 0.2) is 6.07 Å². The van der Waals surface area contributed by atoms with Crippen LogP contribution in [-0.4, -0.2) is 28.9 Å². The summed E-state index contributed by atoms with van der Waals surface area (Å²) in [6.07, 6.45) is 0. The fraction of sp³-hybridized carbons (Fsp3) is 0.556. The van der Waals surface area contributed by atoms with Gasteiger partial charge in [0.15, 0.2) is 5.69 Å². The maximum absolute atomic E-state index is 11.2. The molecule has 0 saturated heterocycles. The van der Waals surface area contributed by atoms with Crippen molar-refractivity contribution in [3.05, 3.63) is 17.5 Å². The Morgan fingerprint density at radius 1 is 1.79 bits per heavy atom. The van der Waals surface area contributed by atoms with E-state index in [1.165, 1.54) is 7.11 Å². The molecule has 1 aromatic heterocycles. The SMILES string of the molecule is COC(=O)c1cc2n(n1)C[C@H](C)NC2. The molecule has 5 nitrogen and oxygen atoms in total. The zero-order valence-corrected chi connectivity index (χ0v) is 8.28. The molecule has 0 spiro atoms. The molecule has 1 aromatic rings. The van der Waals surface area contributed by atoms with Gasteiger partial charge in [-0.1, -0.05) is 0 Å². The monoisotopic (exact) mass is 195 g/mol. The largest absolute Gasteiger partial charge is 0.464 e. The van der Waals surface area contributed by atoms with Crippen LogP contribution >= 0.6 is 0 Å². The normalized spacial score (nSPS) is 20.3. The van der Waals surface area contributed by atoms with Gasteiger partial charge in [-0.05, 0) is 13.0 Å². The lowest BCUT2D eigenvalue weighted by molar-refractivity contribution is 0.0593. The number of carbonyl (C=O) groups excluding carboxylic acids is 1. The fourth-order valence-corrected chi connectivity index (χ4v) is 1.56. The molecule has 1 atom stereocenters. The molecule has 14 heavy (non-hydrogen) atoms. The summed E-state index contributed by atoms with van der Waals surface area (Å²) in [7, 11) is 1.36. The molecule has 0 bridgehead atoms. The Morgan fingerprint density at radius 2 is 2.57 bits per heavy atom. The lowest BCUT2D eigenvalue weighted by atomic mass is 10.2. The molecule has 0 radical (unpaired) electrons. The van der Waals surface area contributed by atoms with Crippen molar-refractivity contribution in [2.45, 2.75) is 26.1 Å². The minimum absolute atomic E-state index is 0.375. The number of esters is 1. The lowest BCUT2D eigenvalue weighted by Crippen LogP contribution is -2.36. The van der Waals surface area contributed by atoms with Crippen molar-refractivity contribution in [2.24, 2.45) is 0 Å². The fourth-order valence-electron chi connectivity index (χ4n) is 1.56. The van der Waals surface area contributed by atoms with E-state index in [4.69, 9.17) is 0 Å². The van der Waals surface area contributed by atoms with Crippen molar-refractivity contribution in [1.29, 1.82) is 0 Å². The van der Waals surface area contributed by atoms with Gasteiger partial charge in [0.25, 0.3) is 0 Å².